The number of amides is 1. The molecule has 0 aliphatic heterocycles. The molecule has 5 nitrogen and oxygen atoms in total. The van der Waals surface area contributed by atoms with Gasteiger partial charge in [-0.15, -0.1) is 0 Å². The number of hydrogen-bond donors (Lipinski definition) is 1. The van der Waals surface area contributed by atoms with Crippen molar-refractivity contribution in [1.29, 1.82) is 0 Å². The molecule has 1 aromatic carbocycles. The fourth-order valence-electron chi connectivity index (χ4n) is 2.45. The van der Waals surface area contributed by atoms with Gasteiger partial charge in [-0.05, 0) is 18.1 Å². The molecule has 118 valence electrons. The molecule has 0 aliphatic rings. The first-order valence-corrected chi connectivity index (χ1v) is 7.91. The molecule has 0 spiro atoms. The number of aromatic nitrogens is 3. The van der Waals surface area contributed by atoms with Crippen molar-refractivity contribution in [1.82, 2.24) is 20.1 Å². The van der Waals surface area contributed by atoms with Crippen LogP contribution in [-0.2, 0) is 6.54 Å². The first-order chi connectivity index (χ1) is 11.3. The molecule has 3 rings (SSSR count). The van der Waals surface area contributed by atoms with Gasteiger partial charge >= 0.3 is 0 Å². The maximum absolute atomic E-state index is 12.1. The van der Waals surface area contributed by atoms with Gasteiger partial charge in [-0.1, -0.05) is 43.7 Å². The minimum absolute atomic E-state index is 0.0799. The van der Waals surface area contributed by atoms with Crippen molar-refractivity contribution in [3.05, 3.63) is 59.9 Å². The summed E-state index contributed by atoms with van der Waals surface area (Å²) in [5.41, 5.74) is 2.53. The fraction of sp³-hybridized carbons (Fsp3) is 0.278. The number of nitrogens with one attached hydrogen (secondary N) is 1. The molecule has 0 atom stereocenters. The Morgan fingerprint density at radius 1 is 1.22 bits per heavy atom. The average molecular weight is 308 g/mol. The third-order valence-electron chi connectivity index (χ3n) is 3.73. The first kappa shape index (κ1) is 15.2. The molecule has 1 amide bonds. The van der Waals surface area contributed by atoms with E-state index in [9.17, 15) is 4.79 Å². The lowest BCUT2D eigenvalue weighted by atomic mass is 10.2. The third kappa shape index (κ3) is 3.56. The maximum atomic E-state index is 12.1. The van der Waals surface area contributed by atoms with Crippen LogP contribution in [0.1, 0.15) is 35.7 Å². The summed E-state index contributed by atoms with van der Waals surface area (Å²) in [6.45, 7) is 3.46. The fourth-order valence-corrected chi connectivity index (χ4v) is 2.45. The molecule has 0 bridgehead atoms. The van der Waals surface area contributed by atoms with Crippen LogP contribution in [0.25, 0.3) is 11.0 Å². The Hall–Kier alpha value is -2.69. The van der Waals surface area contributed by atoms with Gasteiger partial charge < -0.3 is 5.32 Å². The molecule has 0 aliphatic carbocycles. The number of nitrogens with zero attached hydrogens (tertiary/aromatic N) is 3. The molecule has 23 heavy (non-hydrogen) atoms. The van der Waals surface area contributed by atoms with E-state index >= 15 is 0 Å². The molecular formula is C18H20N4O. The zero-order valence-corrected chi connectivity index (χ0v) is 13.2. The van der Waals surface area contributed by atoms with Crippen LogP contribution in [-0.4, -0.2) is 27.2 Å². The van der Waals surface area contributed by atoms with Crippen LogP contribution in [0.3, 0.4) is 0 Å². The number of carbonyl (C=O) groups is 1. The van der Waals surface area contributed by atoms with Crippen molar-refractivity contribution in [2.24, 2.45) is 0 Å². The molecule has 2 heterocycles. The lowest BCUT2D eigenvalue weighted by Crippen LogP contribution is -2.24. The highest BCUT2D eigenvalue weighted by Crippen LogP contribution is 2.14. The monoisotopic (exact) mass is 308 g/mol. The number of fused-ring (bicyclic) bond motifs is 1. The van der Waals surface area contributed by atoms with Crippen LogP contribution in [0.2, 0.25) is 0 Å². The summed E-state index contributed by atoms with van der Waals surface area (Å²) in [5, 5.41) is 8.17. The number of hydrogen-bond acceptors (Lipinski definition) is 3. The second kappa shape index (κ2) is 7.05. The summed E-state index contributed by atoms with van der Waals surface area (Å²) < 4.78 is 1.85. The lowest BCUT2D eigenvalue weighted by Gasteiger charge is -2.05. The van der Waals surface area contributed by atoms with E-state index in [4.69, 9.17) is 0 Å². The number of rotatable bonds is 6. The van der Waals surface area contributed by atoms with Gasteiger partial charge in [-0.3, -0.25) is 4.79 Å². The van der Waals surface area contributed by atoms with Crippen molar-refractivity contribution in [2.45, 2.75) is 26.3 Å². The molecule has 5 heteroatoms. The van der Waals surface area contributed by atoms with Crippen LogP contribution >= 0.6 is 0 Å². The summed E-state index contributed by atoms with van der Waals surface area (Å²) in [5.74, 6) is -0.0799. The van der Waals surface area contributed by atoms with Crippen LogP contribution in [0.5, 0.6) is 0 Å². The zero-order valence-electron chi connectivity index (χ0n) is 13.2. The highest BCUT2D eigenvalue weighted by Gasteiger charge is 2.10. The average Bonchev–Trinajstić information content (AvgIpc) is 2.98. The van der Waals surface area contributed by atoms with Crippen molar-refractivity contribution in [2.75, 3.05) is 6.54 Å². The first-order valence-electron chi connectivity index (χ1n) is 7.91. The van der Waals surface area contributed by atoms with E-state index in [1.54, 1.807) is 12.4 Å². The SMILES string of the molecule is CCCCNC(=O)c1cnc2c(cnn2Cc2ccccc2)c1. The summed E-state index contributed by atoms with van der Waals surface area (Å²) >= 11 is 0. The number of pyridine rings is 1. The number of carbonyl (C=O) groups excluding carboxylic acids is 1. The number of unbranched alkanes of at least 4 members (excludes halogenated alkanes) is 1. The molecule has 0 saturated heterocycles. The van der Waals surface area contributed by atoms with Gasteiger partial charge in [0.25, 0.3) is 5.91 Å². The quantitative estimate of drug-likeness (QED) is 0.712. The largest absolute Gasteiger partial charge is 0.352 e. The van der Waals surface area contributed by atoms with Gasteiger partial charge in [0.15, 0.2) is 5.65 Å². The third-order valence-corrected chi connectivity index (χ3v) is 3.73. The van der Waals surface area contributed by atoms with Crippen molar-refractivity contribution < 1.29 is 4.79 Å². The van der Waals surface area contributed by atoms with E-state index in [1.807, 2.05) is 28.9 Å². The zero-order chi connectivity index (χ0) is 16.1. The Balaban J connectivity index is 1.78. The maximum Gasteiger partial charge on any atom is 0.252 e. The molecule has 2 aromatic heterocycles. The van der Waals surface area contributed by atoms with Crippen LogP contribution in [0.4, 0.5) is 0 Å². The smallest absolute Gasteiger partial charge is 0.252 e. The Labute approximate surface area is 135 Å². The Morgan fingerprint density at radius 3 is 2.83 bits per heavy atom. The van der Waals surface area contributed by atoms with E-state index in [0.717, 1.165) is 23.9 Å². The molecule has 0 radical (unpaired) electrons. The van der Waals surface area contributed by atoms with Gasteiger partial charge in [0.1, 0.15) is 0 Å². The van der Waals surface area contributed by atoms with Gasteiger partial charge in [0.2, 0.25) is 0 Å². The highest BCUT2D eigenvalue weighted by molar-refractivity contribution is 5.96. The minimum Gasteiger partial charge on any atom is -0.352 e. The van der Waals surface area contributed by atoms with Crippen molar-refractivity contribution in [3.63, 3.8) is 0 Å². The molecule has 0 unspecified atom stereocenters. The lowest BCUT2D eigenvalue weighted by molar-refractivity contribution is 0.0953. The molecule has 3 aromatic rings. The summed E-state index contributed by atoms with van der Waals surface area (Å²) in [7, 11) is 0. The van der Waals surface area contributed by atoms with E-state index in [0.29, 0.717) is 18.7 Å². The molecule has 0 saturated carbocycles. The van der Waals surface area contributed by atoms with Crippen molar-refractivity contribution in [3.8, 4) is 0 Å². The van der Waals surface area contributed by atoms with Crippen LogP contribution < -0.4 is 5.32 Å². The van der Waals surface area contributed by atoms with Gasteiger partial charge in [0.05, 0.1) is 18.3 Å². The molecule has 1 N–H and O–H groups in total. The second-order valence-electron chi connectivity index (χ2n) is 5.53. The van der Waals surface area contributed by atoms with Crippen LogP contribution in [0.15, 0.2) is 48.8 Å². The predicted octanol–water partition coefficient (Wildman–Crippen LogP) is 3.01. The van der Waals surface area contributed by atoms with E-state index in [1.165, 1.54) is 5.56 Å². The summed E-state index contributed by atoms with van der Waals surface area (Å²) in [6, 6.07) is 12.0. The highest BCUT2D eigenvalue weighted by atomic mass is 16.1. The normalized spacial score (nSPS) is 10.8. The predicted molar refractivity (Wildman–Crippen MR) is 90.3 cm³/mol. The van der Waals surface area contributed by atoms with Gasteiger partial charge in [-0.2, -0.15) is 5.10 Å². The van der Waals surface area contributed by atoms with Crippen LogP contribution in [0, 0.1) is 0 Å². The summed E-state index contributed by atoms with van der Waals surface area (Å²) in [6.07, 6.45) is 5.42. The Morgan fingerprint density at radius 2 is 2.04 bits per heavy atom. The van der Waals surface area contributed by atoms with Crippen molar-refractivity contribution >= 4 is 16.9 Å². The minimum atomic E-state index is -0.0799. The van der Waals surface area contributed by atoms with Gasteiger partial charge in [-0.25, -0.2) is 9.67 Å². The summed E-state index contributed by atoms with van der Waals surface area (Å²) in [4.78, 5) is 16.5. The standard InChI is InChI=1S/C18H20N4O/c1-2-3-9-19-18(23)16-10-15-12-21-22(17(15)20-11-16)13-14-7-5-4-6-8-14/h4-8,10-12H,2-3,9,13H2,1H3,(H,19,23). The second-order valence-corrected chi connectivity index (χ2v) is 5.53. The van der Waals surface area contributed by atoms with E-state index < -0.39 is 0 Å². The van der Waals surface area contributed by atoms with E-state index in [2.05, 4.69) is 34.5 Å². The van der Waals surface area contributed by atoms with E-state index in [-0.39, 0.29) is 5.91 Å². The topological polar surface area (TPSA) is 59.8 Å². The molecule has 0 fully saturated rings. The van der Waals surface area contributed by atoms with Gasteiger partial charge in [0, 0.05) is 18.1 Å². The Kier molecular flexibility index (Phi) is 4.66. The molecular weight excluding hydrogens is 288 g/mol. The Bertz CT molecular complexity index is 795. The number of benzene rings is 1.